The van der Waals surface area contributed by atoms with Gasteiger partial charge in [-0.1, -0.05) is 18.2 Å². The molecule has 2 aromatic rings. The summed E-state index contributed by atoms with van der Waals surface area (Å²) in [6.45, 7) is 0. The molecule has 3 rings (SSSR count). The molecule has 2 heteroatoms. The summed E-state index contributed by atoms with van der Waals surface area (Å²) >= 11 is 5.78. The van der Waals surface area contributed by atoms with E-state index in [-0.39, 0.29) is 0 Å². The summed E-state index contributed by atoms with van der Waals surface area (Å²) in [7, 11) is 0. The highest BCUT2D eigenvalue weighted by atomic mass is 35.5. The molecule has 0 saturated carbocycles. The van der Waals surface area contributed by atoms with Crippen LogP contribution in [0.4, 0.5) is 0 Å². The maximum atomic E-state index is 5.90. The van der Waals surface area contributed by atoms with Crippen LogP contribution in [0.25, 0.3) is 0 Å². The van der Waals surface area contributed by atoms with Gasteiger partial charge in [-0.2, -0.15) is 0 Å². The lowest BCUT2D eigenvalue weighted by Crippen LogP contribution is -2.02. The minimum Gasteiger partial charge on any atom is -0.457 e. The average molecular weight is 273 g/mol. The zero-order valence-electron chi connectivity index (χ0n) is 10.9. The van der Waals surface area contributed by atoms with Crippen LogP contribution in [0.1, 0.15) is 29.5 Å². The fraction of sp³-hybridized carbons (Fsp3) is 0.294. The Kier molecular flexibility index (Phi) is 3.74. The van der Waals surface area contributed by atoms with Crippen molar-refractivity contribution < 1.29 is 4.74 Å². The fourth-order valence-electron chi connectivity index (χ4n) is 2.56. The molecule has 98 valence electrons. The highest BCUT2D eigenvalue weighted by molar-refractivity contribution is 6.17. The van der Waals surface area contributed by atoms with Crippen molar-refractivity contribution in [2.45, 2.75) is 31.6 Å². The second kappa shape index (κ2) is 5.66. The first kappa shape index (κ1) is 12.6. The van der Waals surface area contributed by atoms with E-state index in [0.29, 0.717) is 5.88 Å². The van der Waals surface area contributed by atoms with E-state index < -0.39 is 0 Å². The number of hydrogen-bond acceptors (Lipinski definition) is 1. The van der Waals surface area contributed by atoms with Crippen LogP contribution < -0.4 is 4.74 Å². The van der Waals surface area contributed by atoms with Crippen molar-refractivity contribution in [1.29, 1.82) is 0 Å². The number of halogens is 1. The number of aryl methyl sites for hydroxylation is 2. The largest absolute Gasteiger partial charge is 0.457 e. The molecule has 1 aliphatic rings. The van der Waals surface area contributed by atoms with Crippen molar-refractivity contribution in [3.63, 3.8) is 0 Å². The Morgan fingerprint density at radius 1 is 0.842 bits per heavy atom. The Morgan fingerprint density at radius 3 is 2.26 bits per heavy atom. The number of hydrogen-bond donors (Lipinski definition) is 0. The zero-order chi connectivity index (χ0) is 13.1. The quantitative estimate of drug-likeness (QED) is 0.707. The molecule has 0 heterocycles. The summed E-state index contributed by atoms with van der Waals surface area (Å²) in [4.78, 5) is 0. The van der Waals surface area contributed by atoms with Gasteiger partial charge in [0.15, 0.2) is 0 Å². The van der Waals surface area contributed by atoms with Gasteiger partial charge in [0.1, 0.15) is 11.5 Å². The van der Waals surface area contributed by atoms with Crippen molar-refractivity contribution in [2.24, 2.45) is 0 Å². The van der Waals surface area contributed by atoms with Gasteiger partial charge in [0.05, 0.1) is 0 Å². The molecule has 2 aromatic carbocycles. The Labute approximate surface area is 119 Å². The topological polar surface area (TPSA) is 9.23 Å². The number of benzene rings is 2. The third kappa shape index (κ3) is 2.93. The van der Waals surface area contributed by atoms with Gasteiger partial charge >= 0.3 is 0 Å². The first-order valence-electron chi connectivity index (χ1n) is 6.80. The number of rotatable bonds is 3. The van der Waals surface area contributed by atoms with Gasteiger partial charge in [0, 0.05) is 5.88 Å². The maximum Gasteiger partial charge on any atom is 0.127 e. The van der Waals surface area contributed by atoms with Crippen LogP contribution >= 0.6 is 11.6 Å². The van der Waals surface area contributed by atoms with E-state index in [4.69, 9.17) is 16.3 Å². The van der Waals surface area contributed by atoms with E-state index in [1.807, 2.05) is 24.3 Å². The van der Waals surface area contributed by atoms with Gasteiger partial charge in [-0.3, -0.25) is 0 Å². The third-order valence-electron chi connectivity index (χ3n) is 3.63. The molecule has 0 N–H and O–H groups in total. The normalized spacial score (nSPS) is 13.9. The van der Waals surface area contributed by atoms with Gasteiger partial charge in [0.2, 0.25) is 0 Å². The number of ether oxygens (including phenoxy) is 1. The molecule has 1 nitrogen and oxygen atoms in total. The fourth-order valence-corrected chi connectivity index (χ4v) is 2.73. The molecule has 0 aliphatic heterocycles. The van der Waals surface area contributed by atoms with Crippen LogP contribution in [-0.4, -0.2) is 0 Å². The van der Waals surface area contributed by atoms with Crippen LogP contribution in [0.5, 0.6) is 11.5 Å². The smallest absolute Gasteiger partial charge is 0.127 e. The van der Waals surface area contributed by atoms with Gasteiger partial charge in [-0.05, 0) is 66.6 Å². The van der Waals surface area contributed by atoms with Crippen LogP contribution in [-0.2, 0) is 18.7 Å². The summed E-state index contributed by atoms with van der Waals surface area (Å²) in [6.07, 6.45) is 4.99. The van der Waals surface area contributed by atoms with Crippen molar-refractivity contribution in [1.82, 2.24) is 0 Å². The standard InChI is InChI=1S/C17H17ClO/c18-12-13-5-8-16(9-6-13)19-17-10-7-14-3-1-2-4-15(14)11-17/h5-11H,1-4,12H2. The molecule has 0 spiro atoms. The monoisotopic (exact) mass is 272 g/mol. The second-order valence-electron chi connectivity index (χ2n) is 5.02. The molecule has 19 heavy (non-hydrogen) atoms. The van der Waals surface area contributed by atoms with Crippen LogP contribution in [0.2, 0.25) is 0 Å². The van der Waals surface area contributed by atoms with Crippen molar-refractivity contribution >= 4 is 11.6 Å². The summed E-state index contributed by atoms with van der Waals surface area (Å²) in [5, 5.41) is 0. The Hall–Kier alpha value is -1.47. The van der Waals surface area contributed by atoms with E-state index in [9.17, 15) is 0 Å². The molecule has 0 bridgehead atoms. The van der Waals surface area contributed by atoms with Gasteiger partial charge in [-0.15, -0.1) is 11.6 Å². The highest BCUT2D eigenvalue weighted by Gasteiger charge is 2.10. The lowest BCUT2D eigenvalue weighted by Gasteiger charge is -2.16. The molecule has 1 aliphatic carbocycles. The van der Waals surface area contributed by atoms with Crippen LogP contribution in [0, 0.1) is 0 Å². The second-order valence-corrected chi connectivity index (χ2v) is 5.28. The summed E-state index contributed by atoms with van der Waals surface area (Å²) < 4.78 is 5.90. The highest BCUT2D eigenvalue weighted by Crippen LogP contribution is 2.28. The predicted molar refractivity (Wildman–Crippen MR) is 79.2 cm³/mol. The minimum atomic E-state index is 0.541. The van der Waals surface area contributed by atoms with Crippen molar-refractivity contribution in [3.05, 3.63) is 59.2 Å². The summed E-state index contributed by atoms with van der Waals surface area (Å²) in [5.41, 5.74) is 4.04. The molecule has 0 radical (unpaired) electrons. The van der Waals surface area contributed by atoms with E-state index in [0.717, 1.165) is 17.1 Å². The number of fused-ring (bicyclic) bond motifs is 1. The summed E-state index contributed by atoms with van der Waals surface area (Å²) in [6, 6.07) is 14.4. The first-order chi connectivity index (χ1) is 9.35. The van der Waals surface area contributed by atoms with E-state index in [1.54, 1.807) is 0 Å². The van der Waals surface area contributed by atoms with Gasteiger partial charge in [-0.25, -0.2) is 0 Å². The predicted octanol–water partition coefficient (Wildman–Crippen LogP) is 5.10. The summed E-state index contributed by atoms with van der Waals surface area (Å²) in [5.74, 6) is 2.34. The third-order valence-corrected chi connectivity index (χ3v) is 3.94. The van der Waals surface area contributed by atoms with Gasteiger partial charge < -0.3 is 4.74 Å². The zero-order valence-corrected chi connectivity index (χ0v) is 11.6. The minimum absolute atomic E-state index is 0.541. The Bertz CT molecular complexity index is 560. The van der Waals surface area contributed by atoms with Crippen LogP contribution in [0.15, 0.2) is 42.5 Å². The van der Waals surface area contributed by atoms with Crippen LogP contribution in [0.3, 0.4) is 0 Å². The molecule has 0 fully saturated rings. The molecular formula is C17H17ClO. The maximum absolute atomic E-state index is 5.90. The molecule has 0 unspecified atom stereocenters. The lowest BCUT2D eigenvalue weighted by atomic mass is 9.92. The Morgan fingerprint density at radius 2 is 1.53 bits per heavy atom. The molecule has 0 saturated heterocycles. The van der Waals surface area contributed by atoms with E-state index >= 15 is 0 Å². The van der Waals surface area contributed by atoms with Gasteiger partial charge in [0.25, 0.3) is 0 Å². The molecular weight excluding hydrogens is 256 g/mol. The molecule has 0 amide bonds. The first-order valence-corrected chi connectivity index (χ1v) is 7.33. The average Bonchev–Trinajstić information content (AvgIpc) is 2.48. The van der Waals surface area contributed by atoms with E-state index in [2.05, 4.69) is 18.2 Å². The SMILES string of the molecule is ClCc1ccc(Oc2ccc3c(c2)CCCC3)cc1. The molecule has 0 aromatic heterocycles. The van der Waals surface area contributed by atoms with Crippen molar-refractivity contribution in [3.8, 4) is 11.5 Å². The Balaban J connectivity index is 1.78. The van der Waals surface area contributed by atoms with E-state index in [1.165, 1.54) is 36.8 Å². The van der Waals surface area contributed by atoms with Crippen molar-refractivity contribution in [2.75, 3.05) is 0 Å². The molecule has 0 atom stereocenters. The lowest BCUT2D eigenvalue weighted by molar-refractivity contribution is 0.480. The number of alkyl halides is 1.